The Balaban J connectivity index is 0.946. The highest BCUT2D eigenvalue weighted by Gasteiger charge is 2.22. The molecule has 0 heterocycles. The van der Waals surface area contributed by atoms with Crippen molar-refractivity contribution >= 4 is 0 Å². The van der Waals surface area contributed by atoms with E-state index < -0.39 is 0 Å². The normalized spacial score (nSPS) is 22.6. The molecule has 0 unspecified atom stereocenters. The van der Waals surface area contributed by atoms with Crippen molar-refractivity contribution in [2.45, 2.75) is 154 Å². The molecule has 4 rings (SSSR count). The van der Waals surface area contributed by atoms with E-state index in [1.807, 2.05) is 0 Å². The smallest absolute Gasteiger partial charge is 0.119 e. The third-order valence-electron chi connectivity index (χ3n) is 10.4. The first kappa shape index (κ1) is 32.9. The summed E-state index contributed by atoms with van der Waals surface area (Å²) in [7, 11) is 0. The number of benzene rings is 2. The van der Waals surface area contributed by atoms with Crippen LogP contribution in [0.5, 0.6) is 11.5 Å². The molecule has 0 N–H and O–H groups in total. The Morgan fingerprint density at radius 1 is 0.452 bits per heavy atom. The van der Waals surface area contributed by atoms with Crippen LogP contribution in [0.25, 0.3) is 0 Å². The fourth-order valence-corrected chi connectivity index (χ4v) is 7.70. The van der Waals surface area contributed by atoms with E-state index in [1.54, 1.807) is 0 Å². The van der Waals surface area contributed by atoms with Crippen molar-refractivity contribution in [2.24, 2.45) is 11.8 Å². The van der Waals surface area contributed by atoms with Crippen LogP contribution in [0, 0.1) is 11.8 Å². The average Bonchev–Trinajstić information content (AvgIpc) is 3.03. The summed E-state index contributed by atoms with van der Waals surface area (Å²) < 4.78 is 12.1. The maximum Gasteiger partial charge on any atom is 0.119 e. The van der Waals surface area contributed by atoms with Gasteiger partial charge in [-0.2, -0.15) is 0 Å². The number of rotatable bonds is 19. The first-order valence-electron chi connectivity index (χ1n) is 18.2. The van der Waals surface area contributed by atoms with Crippen LogP contribution in [0.4, 0.5) is 0 Å². The lowest BCUT2D eigenvalue weighted by Gasteiger charge is -2.28. The molecule has 234 valence electrons. The van der Waals surface area contributed by atoms with E-state index in [0.29, 0.717) is 0 Å². The maximum absolute atomic E-state index is 6.04. The van der Waals surface area contributed by atoms with Crippen LogP contribution in [0.3, 0.4) is 0 Å². The Morgan fingerprint density at radius 3 is 1.12 bits per heavy atom. The van der Waals surface area contributed by atoms with Gasteiger partial charge in [0.05, 0.1) is 13.2 Å². The van der Waals surface area contributed by atoms with Crippen molar-refractivity contribution in [1.82, 2.24) is 0 Å². The molecular formula is C40H62O2. The molecule has 2 aliphatic carbocycles. The van der Waals surface area contributed by atoms with Crippen molar-refractivity contribution < 1.29 is 9.47 Å². The van der Waals surface area contributed by atoms with Crippen LogP contribution in [0.15, 0.2) is 48.5 Å². The molecule has 2 heteroatoms. The predicted molar refractivity (Wildman–Crippen MR) is 180 cm³/mol. The van der Waals surface area contributed by atoms with Crippen LogP contribution >= 0.6 is 0 Å². The topological polar surface area (TPSA) is 18.5 Å². The zero-order valence-corrected chi connectivity index (χ0v) is 27.3. The third kappa shape index (κ3) is 11.6. The van der Waals surface area contributed by atoms with E-state index in [-0.39, 0.29) is 0 Å². The van der Waals surface area contributed by atoms with Crippen LogP contribution in [0.1, 0.15) is 165 Å². The molecule has 2 aliphatic rings. The van der Waals surface area contributed by atoms with E-state index in [9.17, 15) is 0 Å². The van der Waals surface area contributed by atoms with Gasteiger partial charge >= 0.3 is 0 Å². The highest BCUT2D eigenvalue weighted by molar-refractivity contribution is 5.30. The van der Waals surface area contributed by atoms with Gasteiger partial charge in [-0.3, -0.25) is 0 Å². The Hall–Kier alpha value is -1.96. The monoisotopic (exact) mass is 574 g/mol. The molecule has 0 aliphatic heterocycles. The van der Waals surface area contributed by atoms with Crippen molar-refractivity contribution in [1.29, 1.82) is 0 Å². The second-order valence-corrected chi connectivity index (χ2v) is 13.7. The zero-order valence-electron chi connectivity index (χ0n) is 27.3. The summed E-state index contributed by atoms with van der Waals surface area (Å²) in [4.78, 5) is 0. The van der Waals surface area contributed by atoms with E-state index in [2.05, 4.69) is 62.4 Å². The van der Waals surface area contributed by atoms with Gasteiger partial charge in [-0.1, -0.05) is 102 Å². The fraction of sp³-hybridized carbons (Fsp3) is 0.700. The first-order chi connectivity index (χ1) is 20.7. The minimum absolute atomic E-state index is 0.765. The number of unbranched alkanes of at least 4 members (excludes halogenated alkanes) is 7. The average molecular weight is 575 g/mol. The standard InChI is InChI=1S/C40H62O2/c1-3-13-33-15-19-35(20-16-33)37-23-27-39(28-24-37)41-31-11-9-7-5-6-8-10-12-32-42-40-29-25-38(26-30-40)36-21-17-34(14-4-2)18-22-36/h23-30,33-36H,3-22,31-32H2,1-2H3. The van der Waals surface area contributed by atoms with Crippen molar-refractivity contribution in [3.05, 3.63) is 59.7 Å². The SMILES string of the molecule is CCCC1CCC(c2ccc(OCCCCCCCCCCOc3ccc(C4CCC(CCC)CC4)cc3)cc2)CC1. The third-order valence-corrected chi connectivity index (χ3v) is 10.4. The largest absolute Gasteiger partial charge is 0.494 e. The Kier molecular flexibility index (Phi) is 15.2. The molecule has 0 spiro atoms. The molecule has 2 nitrogen and oxygen atoms in total. The van der Waals surface area contributed by atoms with Crippen LogP contribution in [-0.2, 0) is 0 Å². The fourth-order valence-electron chi connectivity index (χ4n) is 7.70. The zero-order chi connectivity index (χ0) is 29.2. The van der Waals surface area contributed by atoms with Crippen molar-refractivity contribution in [3.8, 4) is 11.5 Å². The van der Waals surface area contributed by atoms with Crippen LogP contribution < -0.4 is 9.47 Å². The van der Waals surface area contributed by atoms with Gasteiger partial charge in [0, 0.05) is 0 Å². The minimum Gasteiger partial charge on any atom is -0.494 e. The highest BCUT2D eigenvalue weighted by Crippen LogP contribution is 2.39. The molecule has 0 saturated heterocycles. The number of ether oxygens (including phenoxy) is 2. The molecule has 2 fully saturated rings. The van der Waals surface area contributed by atoms with E-state index >= 15 is 0 Å². The second kappa shape index (κ2) is 19.3. The quantitative estimate of drug-likeness (QED) is 0.155. The Labute approximate surface area is 259 Å². The molecule has 2 saturated carbocycles. The van der Waals surface area contributed by atoms with Crippen LogP contribution in [-0.4, -0.2) is 13.2 Å². The molecule has 0 radical (unpaired) electrons. The Morgan fingerprint density at radius 2 is 0.786 bits per heavy atom. The molecule has 2 aromatic rings. The van der Waals surface area contributed by atoms with Gasteiger partial charge in [0.1, 0.15) is 11.5 Å². The summed E-state index contributed by atoms with van der Waals surface area (Å²) >= 11 is 0. The lowest BCUT2D eigenvalue weighted by molar-refractivity contribution is 0.299. The molecule has 0 amide bonds. The van der Waals surface area contributed by atoms with E-state index in [1.165, 1.54) is 127 Å². The lowest BCUT2D eigenvalue weighted by atomic mass is 9.77. The molecule has 42 heavy (non-hydrogen) atoms. The predicted octanol–water partition coefficient (Wildman–Crippen LogP) is 12.4. The van der Waals surface area contributed by atoms with Gasteiger partial charge in [-0.25, -0.2) is 0 Å². The Bertz CT molecular complexity index is 853. The summed E-state index contributed by atoms with van der Waals surface area (Å²) in [5.41, 5.74) is 3.04. The molecule has 2 aromatic carbocycles. The second-order valence-electron chi connectivity index (χ2n) is 13.7. The summed E-state index contributed by atoms with van der Waals surface area (Å²) in [6, 6.07) is 18.1. The van der Waals surface area contributed by atoms with Gasteiger partial charge in [0.2, 0.25) is 0 Å². The van der Waals surface area contributed by atoms with Gasteiger partial charge in [0.25, 0.3) is 0 Å². The molecule has 0 atom stereocenters. The summed E-state index contributed by atoms with van der Waals surface area (Å²) in [5.74, 6) is 5.57. The van der Waals surface area contributed by atoms with Gasteiger partial charge in [0.15, 0.2) is 0 Å². The molecular weight excluding hydrogens is 512 g/mol. The van der Waals surface area contributed by atoms with Crippen molar-refractivity contribution in [3.63, 3.8) is 0 Å². The maximum atomic E-state index is 6.04. The summed E-state index contributed by atoms with van der Waals surface area (Å²) in [6.07, 6.45) is 26.9. The van der Waals surface area contributed by atoms with Gasteiger partial charge in [-0.05, 0) is 123 Å². The van der Waals surface area contributed by atoms with E-state index in [4.69, 9.17) is 9.47 Å². The lowest BCUT2D eigenvalue weighted by Crippen LogP contribution is -2.13. The molecule has 0 bridgehead atoms. The van der Waals surface area contributed by atoms with Gasteiger partial charge in [-0.15, -0.1) is 0 Å². The number of hydrogen-bond donors (Lipinski definition) is 0. The van der Waals surface area contributed by atoms with Crippen LogP contribution in [0.2, 0.25) is 0 Å². The van der Waals surface area contributed by atoms with E-state index in [0.717, 1.165) is 61.2 Å². The van der Waals surface area contributed by atoms with Crippen molar-refractivity contribution in [2.75, 3.05) is 13.2 Å². The first-order valence-corrected chi connectivity index (χ1v) is 18.2. The summed E-state index contributed by atoms with van der Waals surface area (Å²) in [5, 5.41) is 0. The highest BCUT2D eigenvalue weighted by atomic mass is 16.5. The number of hydrogen-bond acceptors (Lipinski definition) is 2. The van der Waals surface area contributed by atoms with Gasteiger partial charge < -0.3 is 9.47 Å². The summed E-state index contributed by atoms with van der Waals surface area (Å²) in [6.45, 7) is 6.34. The molecule has 0 aromatic heterocycles. The minimum atomic E-state index is 0.765.